The maximum Gasteiger partial charge on any atom is 0.301 e. The van der Waals surface area contributed by atoms with E-state index in [4.69, 9.17) is 9.15 Å². The van der Waals surface area contributed by atoms with Gasteiger partial charge in [0.05, 0.1) is 11.3 Å². The molecule has 2 fully saturated rings. The summed E-state index contributed by atoms with van der Waals surface area (Å²) in [4.78, 5) is 13.0. The Balaban J connectivity index is 1.46. The van der Waals surface area contributed by atoms with E-state index in [-0.39, 0.29) is 11.8 Å². The minimum atomic E-state index is -3.60. The van der Waals surface area contributed by atoms with Gasteiger partial charge in [-0.25, -0.2) is 0 Å². The molecule has 0 atom stereocenters. The van der Waals surface area contributed by atoms with Crippen molar-refractivity contribution in [2.24, 2.45) is 0 Å². The van der Waals surface area contributed by atoms with E-state index < -0.39 is 10.2 Å². The van der Waals surface area contributed by atoms with Crippen LogP contribution < -0.4 is 19.1 Å². The smallest absolute Gasteiger partial charge is 0.301 e. The Kier molecular flexibility index (Phi) is 5.46. The molecule has 0 radical (unpaired) electrons. The van der Waals surface area contributed by atoms with E-state index in [2.05, 4.69) is 10.0 Å². The Bertz CT molecular complexity index is 1560. The van der Waals surface area contributed by atoms with E-state index in [1.54, 1.807) is 13.1 Å². The SMILES string of the molecule is CNC(=O)c1c(-c2ccc(Oc3ccccc3)cc2)oc2cc(N3CCNS3(=O)=O)c(C3CC3)cc12. The number of furan rings is 1. The highest BCUT2D eigenvalue weighted by Crippen LogP contribution is 2.48. The van der Waals surface area contributed by atoms with Gasteiger partial charge in [0.1, 0.15) is 22.8 Å². The van der Waals surface area contributed by atoms with Crippen LogP contribution in [0.15, 0.2) is 71.1 Å². The molecule has 4 aromatic rings. The van der Waals surface area contributed by atoms with Gasteiger partial charge in [0.15, 0.2) is 0 Å². The predicted octanol–water partition coefficient (Wildman–Crippen LogP) is 4.78. The van der Waals surface area contributed by atoms with E-state index in [1.165, 1.54) is 4.31 Å². The summed E-state index contributed by atoms with van der Waals surface area (Å²) >= 11 is 0. The Morgan fingerprint density at radius 1 is 1.06 bits per heavy atom. The van der Waals surface area contributed by atoms with Crippen molar-refractivity contribution in [3.8, 4) is 22.8 Å². The summed E-state index contributed by atoms with van der Waals surface area (Å²) in [5, 5.41) is 3.39. The van der Waals surface area contributed by atoms with Crippen molar-refractivity contribution >= 4 is 32.8 Å². The molecule has 184 valence electrons. The molecule has 1 saturated heterocycles. The van der Waals surface area contributed by atoms with Crippen LogP contribution in [0.1, 0.15) is 34.7 Å². The molecule has 1 aliphatic heterocycles. The zero-order chi connectivity index (χ0) is 24.9. The largest absolute Gasteiger partial charge is 0.457 e. The number of fused-ring (bicyclic) bond motifs is 1. The fraction of sp³-hybridized carbons (Fsp3) is 0.222. The van der Waals surface area contributed by atoms with Gasteiger partial charge in [0.25, 0.3) is 5.91 Å². The molecule has 2 N–H and O–H groups in total. The zero-order valence-corrected chi connectivity index (χ0v) is 20.5. The maximum absolute atomic E-state index is 13.0. The van der Waals surface area contributed by atoms with Crippen LogP contribution >= 0.6 is 0 Å². The van der Waals surface area contributed by atoms with Gasteiger partial charge in [-0.15, -0.1) is 0 Å². The van der Waals surface area contributed by atoms with E-state index >= 15 is 0 Å². The van der Waals surface area contributed by atoms with Crippen molar-refractivity contribution in [3.05, 3.63) is 77.9 Å². The van der Waals surface area contributed by atoms with Gasteiger partial charge in [-0.2, -0.15) is 13.1 Å². The number of hydrogen-bond donors (Lipinski definition) is 2. The van der Waals surface area contributed by atoms with Gasteiger partial charge >= 0.3 is 10.2 Å². The number of hydrogen-bond acceptors (Lipinski definition) is 5. The van der Waals surface area contributed by atoms with Crippen molar-refractivity contribution in [1.82, 2.24) is 10.0 Å². The third-order valence-corrected chi connectivity index (χ3v) is 8.09. The Labute approximate surface area is 209 Å². The van der Waals surface area contributed by atoms with Gasteiger partial charge in [0, 0.05) is 37.2 Å². The lowest BCUT2D eigenvalue weighted by Crippen LogP contribution is -2.30. The summed E-state index contributed by atoms with van der Waals surface area (Å²) in [7, 11) is -2.01. The zero-order valence-electron chi connectivity index (χ0n) is 19.7. The number of carbonyl (C=O) groups excluding carboxylic acids is 1. The van der Waals surface area contributed by atoms with E-state index in [0.717, 1.165) is 29.7 Å². The van der Waals surface area contributed by atoms with Crippen LogP contribution in [-0.2, 0) is 10.2 Å². The van der Waals surface area contributed by atoms with Crippen LogP contribution in [0.5, 0.6) is 11.5 Å². The number of ether oxygens (including phenoxy) is 1. The lowest BCUT2D eigenvalue weighted by molar-refractivity contribution is 0.0964. The molecule has 8 nitrogen and oxygen atoms in total. The molecule has 0 unspecified atom stereocenters. The van der Waals surface area contributed by atoms with Gasteiger partial charge in [-0.1, -0.05) is 18.2 Å². The molecule has 1 saturated carbocycles. The highest BCUT2D eigenvalue weighted by atomic mass is 32.2. The molecule has 0 spiro atoms. The van der Waals surface area contributed by atoms with Gasteiger partial charge in [-0.3, -0.25) is 9.10 Å². The molecule has 6 rings (SSSR count). The first kappa shape index (κ1) is 22.6. The fourth-order valence-corrected chi connectivity index (χ4v) is 5.92. The topological polar surface area (TPSA) is 101 Å². The molecule has 9 heteroatoms. The molecular weight excluding hydrogens is 478 g/mol. The monoisotopic (exact) mass is 503 g/mol. The minimum Gasteiger partial charge on any atom is -0.457 e. The summed E-state index contributed by atoms with van der Waals surface area (Å²) in [6.07, 6.45) is 1.98. The number of nitrogens with zero attached hydrogens (tertiary/aromatic N) is 1. The van der Waals surface area contributed by atoms with Gasteiger partial charge < -0.3 is 14.5 Å². The van der Waals surface area contributed by atoms with Crippen molar-refractivity contribution in [3.63, 3.8) is 0 Å². The van der Waals surface area contributed by atoms with Crippen molar-refractivity contribution in [1.29, 1.82) is 0 Å². The second-order valence-corrected chi connectivity index (χ2v) is 10.7. The minimum absolute atomic E-state index is 0.265. The summed E-state index contributed by atoms with van der Waals surface area (Å²) in [5.74, 6) is 1.82. The first-order chi connectivity index (χ1) is 17.4. The van der Waals surface area contributed by atoms with Crippen LogP contribution in [0.4, 0.5) is 5.69 Å². The molecule has 1 aromatic heterocycles. The number of nitrogens with one attached hydrogen (secondary N) is 2. The van der Waals surface area contributed by atoms with Crippen molar-refractivity contribution in [2.75, 3.05) is 24.4 Å². The third-order valence-electron chi connectivity index (χ3n) is 6.56. The molecule has 0 bridgehead atoms. The first-order valence-corrected chi connectivity index (χ1v) is 13.3. The first-order valence-electron chi connectivity index (χ1n) is 11.9. The Morgan fingerprint density at radius 3 is 2.42 bits per heavy atom. The molecule has 2 aliphatic rings. The number of anilines is 1. The average molecular weight is 504 g/mol. The van der Waals surface area contributed by atoms with Crippen molar-refractivity contribution in [2.45, 2.75) is 18.8 Å². The molecule has 1 aliphatic carbocycles. The van der Waals surface area contributed by atoms with E-state index in [1.807, 2.05) is 60.7 Å². The maximum atomic E-state index is 13.0. The molecule has 3 aromatic carbocycles. The molecule has 2 heterocycles. The molecule has 36 heavy (non-hydrogen) atoms. The summed E-state index contributed by atoms with van der Waals surface area (Å²) < 4.78 is 41.3. The summed E-state index contributed by atoms with van der Waals surface area (Å²) in [6.45, 7) is 0.709. The normalized spacial score (nSPS) is 16.9. The highest BCUT2D eigenvalue weighted by molar-refractivity contribution is 7.91. The Hall–Kier alpha value is -3.82. The van der Waals surface area contributed by atoms with Crippen LogP contribution in [0, 0.1) is 0 Å². The summed E-state index contributed by atoms with van der Waals surface area (Å²) in [5.41, 5.74) is 3.16. The predicted molar refractivity (Wildman–Crippen MR) is 138 cm³/mol. The van der Waals surface area contributed by atoms with Crippen LogP contribution in [0.2, 0.25) is 0 Å². The lowest BCUT2D eigenvalue weighted by Gasteiger charge is -2.19. The quantitative estimate of drug-likeness (QED) is 0.394. The van der Waals surface area contributed by atoms with Gasteiger partial charge in [0.2, 0.25) is 0 Å². The second kappa shape index (κ2) is 8.69. The number of para-hydroxylation sites is 1. The number of benzene rings is 3. The fourth-order valence-electron chi connectivity index (χ4n) is 4.66. The molecule has 1 amide bonds. The lowest BCUT2D eigenvalue weighted by atomic mass is 10.0. The number of amides is 1. The second-order valence-electron chi connectivity index (χ2n) is 8.98. The summed E-state index contributed by atoms with van der Waals surface area (Å²) in [6, 6.07) is 20.5. The van der Waals surface area contributed by atoms with Crippen LogP contribution in [0.25, 0.3) is 22.3 Å². The van der Waals surface area contributed by atoms with Gasteiger partial charge in [-0.05, 0) is 66.8 Å². The van der Waals surface area contributed by atoms with E-state index in [9.17, 15) is 13.2 Å². The van der Waals surface area contributed by atoms with Crippen LogP contribution in [-0.4, -0.2) is 34.5 Å². The highest BCUT2D eigenvalue weighted by Gasteiger charge is 2.36. The number of carbonyl (C=O) groups is 1. The standard InChI is InChI=1S/C27H25N3O5S/c1-28-27(31)25-22-15-21(17-7-8-17)23(30-14-13-29-36(30,32)33)16-24(22)35-26(25)18-9-11-20(12-10-18)34-19-5-3-2-4-6-19/h2-6,9-12,15-17,29H,7-8,13-14H2,1H3,(H,28,31). The molecular formula is C27H25N3O5S. The van der Waals surface area contributed by atoms with Crippen LogP contribution in [0.3, 0.4) is 0 Å². The Morgan fingerprint density at radius 2 is 1.78 bits per heavy atom. The third kappa shape index (κ3) is 4.00. The number of rotatable bonds is 6. The average Bonchev–Trinajstić information content (AvgIpc) is 3.58. The van der Waals surface area contributed by atoms with Crippen molar-refractivity contribution < 1.29 is 22.4 Å². The van der Waals surface area contributed by atoms with E-state index in [0.29, 0.717) is 46.8 Å².